The van der Waals surface area contributed by atoms with E-state index in [1.54, 1.807) is 0 Å². The molecule has 0 heterocycles. The fraction of sp³-hybridized carbons (Fsp3) is 0.273. The average Bonchev–Trinajstić information content (AvgIpc) is 2.69. The number of carbonyl (C=O) groups is 1. The molecule has 0 aliphatic rings. The Morgan fingerprint density at radius 3 is 1.92 bits per heavy atom. The highest BCUT2D eigenvalue weighted by molar-refractivity contribution is 6.07. The maximum Gasteiger partial charge on any atom is 0.262 e. The van der Waals surface area contributed by atoms with Crippen molar-refractivity contribution in [3.05, 3.63) is 77.4 Å². The monoisotopic (exact) mass is 347 g/mol. The third kappa shape index (κ3) is 5.58. The summed E-state index contributed by atoms with van der Waals surface area (Å²) in [6, 6.07) is 21.2. The van der Waals surface area contributed by atoms with Crippen LogP contribution in [0.4, 0.5) is 0 Å². The molecule has 0 aliphatic heterocycles. The van der Waals surface area contributed by atoms with Crippen LogP contribution in [0.1, 0.15) is 36.8 Å². The molecule has 0 spiro atoms. The van der Waals surface area contributed by atoms with Gasteiger partial charge in [0.2, 0.25) is 0 Å². The average molecular weight is 347 g/mol. The fourth-order valence-electron chi connectivity index (χ4n) is 2.80. The van der Waals surface area contributed by atoms with E-state index >= 15 is 0 Å². The Morgan fingerprint density at radius 1 is 0.885 bits per heavy atom. The molecule has 26 heavy (non-hydrogen) atoms. The van der Waals surface area contributed by atoms with Crippen LogP contribution in [-0.4, -0.2) is 19.0 Å². The molecule has 1 amide bonds. The molecular weight excluding hydrogens is 322 g/mol. The second-order valence-corrected chi connectivity index (χ2v) is 6.05. The number of benzene rings is 2. The summed E-state index contributed by atoms with van der Waals surface area (Å²) >= 11 is 0. The number of amides is 1. The van der Waals surface area contributed by atoms with Gasteiger partial charge < -0.3 is 11.1 Å². The first-order valence-electron chi connectivity index (χ1n) is 9.01. The van der Waals surface area contributed by atoms with Gasteiger partial charge in [-0.2, -0.15) is 5.26 Å². The predicted octanol–water partition coefficient (Wildman–Crippen LogP) is 3.65. The van der Waals surface area contributed by atoms with E-state index in [9.17, 15) is 10.1 Å². The van der Waals surface area contributed by atoms with Gasteiger partial charge in [0.05, 0.1) is 0 Å². The zero-order chi connectivity index (χ0) is 18.6. The molecule has 0 atom stereocenters. The van der Waals surface area contributed by atoms with Gasteiger partial charge in [0, 0.05) is 12.1 Å². The summed E-state index contributed by atoms with van der Waals surface area (Å²) in [5, 5.41) is 12.6. The number of unbranched alkanes of at least 4 members (excludes halogenated alkanes) is 3. The number of nitrogens with one attached hydrogen (secondary N) is 1. The first-order chi connectivity index (χ1) is 12.8. The summed E-state index contributed by atoms with van der Waals surface area (Å²) < 4.78 is 0. The van der Waals surface area contributed by atoms with Gasteiger partial charge in [-0.1, -0.05) is 73.5 Å². The molecule has 2 aromatic rings. The number of carbonyl (C=O) groups excluding carboxylic acids is 1. The van der Waals surface area contributed by atoms with Gasteiger partial charge >= 0.3 is 0 Å². The van der Waals surface area contributed by atoms with E-state index in [0.29, 0.717) is 18.7 Å². The lowest BCUT2D eigenvalue weighted by Crippen LogP contribution is -2.26. The topological polar surface area (TPSA) is 78.9 Å². The summed E-state index contributed by atoms with van der Waals surface area (Å²) in [7, 11) is 0. The van der Waals surface area contributed by atoms with Crippen molar-refractivity contribution in [2.24, 2.45) is 5.73 Å². The van der Waals surface area contributed by atoms with Crippen molar-refractivity contribution < 1.29 is 4.79 Å². The zero-order valence-electron chi connectivity index (χ0n) is 14.9. The molecule has 0 aromatic heterocycles. The number of nitriles is 1. The molecule has 0 unspecified atom stereocenters. The highest BCUT2D eigenvalue weighted by Gasteiger charge is 2.18. The molecule has 0 saturated heterocycles. The molecule has 0 aliphatic carbocycles. The Kier molecular flexibility index (Phi) is 8.11. The number of rotatable bonds is 9. The molecule has 4 nitrogen and oxygen atoms in total. The lowest BCUT2D eigenvalue weighted by molar-refractivity contribution is -0.117. The summed E-state index contributed by atoms with van der Waals surface area (Å²) in [6.45, 7) is 1.26. The van der Waals surface area contributed by atoms with Gasteiger partial charge in [0.1, 0.15) is 11.6 Å². The van der Waals surface area contributed by atoms with Gasteiger partial charge in [-0.25, -0.2) is 0 Å². The summed E-state index contributed by atoms with van der Waals surface area (Å²) in [5.41, 5.74) is 8.00. The van der Waals surface area contributed by atoms with Gasteiger partial charge in [-0.05, 0) is 30.5 Å². The third-order valence-corrected chi connectivity index (χ3v) is 4.13. The second-order valence-electron chi connectivity index (χ2n) is 6.05. The van der Waals surface area contributed by atoms with Crippen molar-refractivity contribution in [1.29, 1.82) is 5.26 Å². The van der Waals surface area contributed by atoms with E-state index in [-0.39, 0.29) is 11.5 Å². The Labute approximate surface area is 155 Å². The van der Waals surface area contributed by atoms with Gasteiger partial charge in [0.15, 0.2) is 0 Å². The number of hydrogen-bond donors (Lipinski definition) is 2. The predicted molar refractivity (Wildman–Crippen MR) is 105 cm³/mol. The molecule has 0 radical (unpaired) electrons. The minimum atomic E-state index is -0.325. The number of hydrogen-bond acceptors (Lipinski definition) is 3. The van der Waals surface area contributed by atoms with Crippen LogP contribution in [0.3, 0.4) is 0 Å². The molecule has 3 N–H and O–H groups in total. The van der Waals surface area contributed by atoms with Crippen LogP contribution in [0.25, 0.3) is 5.57 Å². The lowest BCUT2D eigenvalue weighted by atomic mass is 9.93. The zero-order valence-corrected chi connectivity index (χ0v) is 14.9. The van der Waals surface area contributed by atoms with Gasteiger partial charge in [0.25, 0.3) is 5.91 Å². The van der Waals surface area contributed by atoms with E-state index in [2.05, 4.69) is 11.4 Å². The van der Waals surface area contributed by atoms with Crippen molar-refractivity contribution in [1.82, 2.24) is 5.32 Å². The highest BCUT2D eigenvalue weighted by atomic mass is 16.1. The molecule has 0 bridgehead atoms. The maximum atomic E-state index is 12.6. The summed E-state index contributed by atoms with van der Waals surface area (Å²) in [4.78, 5) is 12.6. The molecule has 0 saturated carbocycles. The lowest BCUT2D eigenvalue weighted by Gasteiger charge is -2.12. The number of nitrogens with zero attached hydrogens (tertiary/aromatic N) is 1. The molecule has 2 aromatic carbocycles. The fourth-order valence-corrected chi connectivity index (χ4v) is 2.80. The van der Waals surface area contributed by atoms with Gasteiger partial charge in [-0.15, -0.1) is 0 Å². The first-order valence-corrected chi connectivity index (χ1v) is 9.01. The van der Waals surface area contributed by atoms with Crippen LogP contribution >= 0.6 is 0 Å². The molecule has 4 heteroatoms. The highest BCUT2D eigenvalue weighted by Crippen LogP contribution is 2.26. The third-order valence-electron chi connectivity index (χ3n) is 4.13. The van der Waals surface area contributed by atoms with E-state index < -0.39 is 0 Å². The molecule has 2 rings (SSSR count). The van der Waals surface area contributed by atoms with Crippen LogP contribution in [0, 0.1) is 11.3 Å². The van der Waals surface area contributed by atoms with Crippen molar-refractivity contribution in [2.45, 2.75) is 25.7 Å². The smallest absolute Gasteiger partial charge is 0.262 e. The van der Waals surface area contributed by atoms with E-state index in [1.165, 1.54) is 0 Å². The maximum absolute atomic E-state index is 12.6. The minimum Gasteiger partial charge on any atom is -0.351 e. The largest absolute Gasteiger partial charge is 0.351 e. The normalized spacial score (nSPS) is 10.0. The number of nitrogens with two attached hydrogens (primary N) is 1. The minimum absolute atomic E-state index is 0.143. The van der Waals surface area contributed by atoms with Crippen LogP contribution < -0.4 is 11.1 Å². The Morgan fingerprint density at radius 2 is 1.42 bits per heavy atom. The quantitative estimate of drug-likeness (QED) is 0.413. The first kappa shape index (κ1) is 19.4. The van der Waals surface area contributed by atoms with Crippen LogP contribution in [0.15, 0.2) is 66.2 Å². The SMILES string of the molecule is N#CC(C(=O)NCCCCCCN)=C(c1ccccc1)c1ccccc1. The van der Waals surface area contributed by atoms with E-state index in [1.807, 2.05) is 60.7 Å². The van der Waals surface area contributed by atoms with Crippen LogP contribution in [-0.2, 0) is 4.79 Å². The van der Waals surface area contributed by atoms with Crippen molar-refractivity contribution in [2.75, 3.05) is 13.1 Å². The Bertz CT molecular complexity index is 719. The standard InChI is InChI=1S/C22H25N3O/c23-15-9-1-2-10-16-25-22(26)20(17-24)21(18-11-5-3-6-12-18)19-13-7-4-8-14-19/h3-8,11-14H,1-2,9-10,15-16,23H2,(H,25,26). The summed E-state index contributed by atoms with van der Waals surface area (Å²) in [5.74, 6) is -0.325. The Balaban J connectivity index is 2.23. The second kappa shape index (κ2) is 10.9. The van der Waals surface area contributed by atoms with Crippen LogP contribution in [0.2, 0.25) is 0 Å². The summed E-state index contributed by atoms with van der Waals surface area (Å²) in [6.07, 6.45) is 3.97. The van der Waals surface area contributed by atoms with E-state index in [0.717, 1.165) is 36.8 Å². The molecule has 134 valence electrons. The van der Waals surface area contributed by atoms with E-state index in [4.69, 9.17) is 5.73 Å². The van der Waals surface area contributed by atoms with Crippen molar-refractivity contribution in [3.8, 4) is 6.07 Å². The molecule has 0 fully saturated rings. The van der Waals surface area contributed by atoms with Crippen molar-refractivity contribution in [3.63, 3.8) is 0 Å². The van der Waals surface area contributed by atoms with Crippen molar-refractivity contribution >= 4 is 11.5 Å². The molecular formula is C22H25N3O. The van der Waals surface area contributed by atoms with Crippen LogP contribution in [0.5, 0.6) is 0 Å². The van der Waals surface area contributed by atoms with Gasteiger partial charge in [-0.3, -0.25) is 4.79 Å². The Hall–Kier alpha value is -2.90.